The topological polar surface area (TPSA) is 55.0 Å². The number of hydrogen-bond acceptors (Lipinski definition) is 5. The molecular weight excluding hydrogens is 208 g/mol. The Bertz CT molecular complexity index is 331. The third-order valence-corrected chi connectivity index (χ3v) is 3.62. The van der Waals surface area contributed by atoms with Crippen molar-refractivity contribution in [2.75, 3.05) is 23.7 Å². The molecule has 0 spiro atoms. The van der Waals surface area contributed by atoms with E-state index >= 15 is 0 Å². The number of aromatic nitrogens is 2. The minimum atomic E-state index is 0.460. The van der Waals surface area contributed by atoms with E-state index in [1.54, 1.807) is 12.4 Å². The predicted octanol–water partition coefficient (Wildman–Crippen LogP) is 0.877. The Morgan fingerprint density at radius 2 is 2.33 bits per heavy atom. The first-order valence-corrected chi connectivity index (χ1v) is 6.22. The standard InChI is InChI=1S/C10H16N4S/c1-8-7-14(4-5-15-8)10-9(6-11)12-2-3-13-10/h2-3,8H,4-7,11H2,1H3. The number of nitrogens with two attached hydrogens (primary N) is 1. The Balaban J connectivity index is 2.20. The first kappa shape index (κ1) is 10.7. The highest BCUT2D eigenvalue weighted by atomic mass is 32.2. The van der Waals surface area contributed by atoms with Crippen molar-refractivity contribution in [3.05, 3.63) is 18.1 Å². The van der Waals surface area contributed by atoms with Gasteiger partial charge in [0.15, 0.2) is 5.82 Å². The molecule has 1 unspecified atom stereocenters. The summed E-state index contributed by atoms with van der Waals surface area (Å²) in [6.07, 6.45) is 3.44. The average Bonchev–Trinajstić information content (AvgIpc) is 2.29. The molecule has 0 amide bonds. The van der Waals surface area contributed by atoms with E-state index in [1.165, 1.54) is 0 Å². The van der Waals surface area contributed by atoms with Crippen LogP contribution in [0.1, 0.15) is 12.6 Å². The van der Waals surface area contributed by atoms with Gasteiger partial charge in [0.2, 0.25) is 0 Å². The van der Waals surface area contributed by atoms with Crippen molar-refractivity contribution in [1.29, 1.82) is 0 Å². The van der Waals surface area contributed by atoms with Crippen molar-refractivity contribution in [2.24, 2.45) is 5.73 Å². The van der Waals surface area contributed by atoms with Crippen LogP contribution in [-0.4, -0.2) is 34.1 Å². The van der Waals surface area contributed by atoms with Crippen LogP contribution in [0.15, 0.2) is 12.4 Å². The molecule has 1 saturated heterocycles. The minimum Gasteiger partial charge on any atom is -0.353 e. The summed E-state index contributed by atoms with van der Waals surface area (Å²) in [7, 11) is 0. The Labute approximate surface area is 94.3 Å². The maximum atomic E-state index is 5.66. The van der Waals surface area contributed by atoms with Crippen molar-refractivity contribution in [3.63, 3.8) is 0 Å². The molecule has 0 aromatic carbocycles. The fraction of sp³-hybridized carbons (Fsp3) is 0.600. The molecule has 0 aliphatic carbocycles. The van der Waals surface area contributed by atoms with Crippen LogP contribution in [0.4, 0.5) is 5.82 Å². The molecule has 0 saturated carbocycles. The van der Waals surface area contributed by atoms with E-state index in [0.717, 1.165) is 30.4 Å². The number of thioether (sulfide) groups is 1. The SMILES string of the molecule is CC1CN(c2nccnc2CN)CCS1. The van der Waals surface area contributed by atoms with Gasteiger partial charge in [0.1, 0.15) is 0 Å². The van der Waals surface area contributed by atoms with E-state index in [-0.39, 0.29) is 0 Å². The van der Waals surface area contributed by atoms with Gasteiger partial charge < -0.3 is 10.6 Å². The average molecular weight is 224 g/mol. The molecule has 2 heterocycles. The molecule has 0 radical (unpaired) electrons. The molecule has 82 valence electrons. The van der Waals surface area contributed by atoms with Crippen LogP contribution in [0.25, 0.3) is 0 Å². The lowest BCUT2D eigenvalue weighted by atomic mass is 10.3. The summed E-state index contributed by atoms with van der Waals surface area (Å²) in [4.78, 5) is 10.9. The highest BCUT2D eigenvalue weighted by Crippen LogP contribution is 2.23. The summed E-state index contributed by atoms with van der Waals surface area (Å²) in [5, 5.41) is 0.659. The highest BCUT2D eigenvalue weighted by molar-refractivity contribution is 8.00. The van der Waals surface area contributed by atoms with E-state index in [4.69, 9.17) is 5.73 Å². The first-order valence-electron chi connectivity index (χ1n) is 5.17. The normalized spacial score (nSPS) is 21.7. The van der Waals surface area contributed by atoms with Gasteiger partial charge in [-0.2, -0.15) is 11.8 Å². The zero-order valence-electron chi connectivity index (χ0n) is 8.89. The zero-order chi connectivity index (χ0) is 10.7. The number of nitrogens with zero attached hydrogens (tertiary/aromatic N) is 3. The smallest absolute Gasteiger partial charge is 0.151 e. The second-order valence-electron chi connectivity index (χ2n) is 3.66. The first-order chi connectivity index (χ1) is 7.31. The van der Waals surface area contributed by atoms with Crippen LogP contribution >= 0.6 is 11.8 Å². The van der Waals surface area contributed by atoms with Gasteiger partial charge >= 0.3 is 0 Å². The maximum absolute atomic E-state index is 5.66. The van der Waals surface area contributed by atoms with E-state index in [2.05, 4.69) is 21.8 Å². The molecule has 1 aliphatic heterocycles. The summed E-state index contributed by atoms with van der Waals surface area (Å²) >= 11 is 2.01. The van der Waals surface area contributed by atoms with Crippen LogP contribution < -0.4 is 10.6 Å². The molecule has 15 heavy (non-hydrogen) atoms. The van der Waals surface area contributed by atoms with E-state index in [1.807, 2.05) is 11.8 Å². The van der Waals surface area contributed by atoms with Crippen molar-refractivity contribution >= 4 is 17.6 Å². The predicted molar refractivity (Wildman–Crippen MR) is 64.1 cm³/mol. The van der Waals surface area contributed by atoms with E-state index in [0.29, 0.717) is 11.8 Å². The van der Waals surface area contributed by atoms with E-state index < -0.39 is 0 Å². The molecule has 2 N–H and O–H groups in total. The molecule has 1 aliphatic rings. The van der Waals surface area contributed by atoms with Gasteiger partial charge in [-0.15, -0.1) is 0 Å². The molecule has 0 bridgehead atoms. The van der Waals surface area contributed by atoms with Gasteiger partial charge in [-0.1, -0.05) is 6.92 Å². The number of hydrogen-bond donors (Lipinski definition) is 1. The van der Waals surface area contributed by atoms with Crippen LogP contribution in [-0.2, 0) is 6.54 Å². The lowest BCUT2D eigenvalue weighted by Gasteiger charge is -2.32. The molecule has 1 aromatic heterocycles. The van der Waals surface area contributed by atoms with Gasteiger partial charge in [0.25, 0.3) is 0 Å². The quantitative estimate of drug-likeness (QED) is 0.808. The maximum Gasteiger partial charge on any atom is 0.151 e. The van der Waals surface area contributed by atoms with Crippen LogP contribution in [0.3, 0.4) is 0 Å². The molecule has 2 rings (SSSR count). The van der Waals surface area contributed by atoms with Gasteiger partial charge in [0.05, 0.1) is 5.69 Å². The van der Waals surface area contributed by atoms with Crippen LogP contribution in [0.2, 0.25) is 0 Å². The van der Waals surface area contributed by atoms with Gasteiger partial charge in [-0.05, 0) is 0 Å². The summed E-state index contributed by atoms with van der Waals surface area (Å²) < 4.78 is 0. The third kappa shape index (κ3) is 2.41. The third-order valence-electron chi connectivity index (χ3n) is 2.49. The second kappa shape index (κ2) is 4.81. The number of anilines is 1. The van der Waals surface area contributed by atoms with Gasteiger partial charge in [0, 0.05) is 43.0 Å². The van der Waals surface area contributed by atoms with Crippen molar-refractivity contribution in [2.45, 2.75) is 18.7 Å². The molecular formula is C10H16N4S. The van der Waals surface area contributed by atoms with Gasteiger partial charge in [-0.3, -0.25) is 4.98 Å². The van der Waals surface area contributed by atoms with E-state index in [9.17, 15) is 0 Å². The Morgan fingerprint density at radius 3 is 3.07 bits per heavy atom. The highest BCUT2D eigenvalue weighted by Gasteiger charge is 2.20. The van der Waals surface area contributed by atoms with Crippen molar-refractivity contribution < 1.29 is 0 Å². The zero-order valence-corrected chi connectivity index (χ0v) is 9.70. The fourth-order valence-corrected chi connectivity index (χ4v) is 2.79. The second-order valence-corrected chi connectivity index (χ2v) is 5.20. The molecule has 1 fully saturated rings. The molecule has 1 atom stereocenters. The lowest BCUT2D eigenvalue weighted by molar-refractivity contribution is 0.755. The molecule has 4 nitrogen and oxygen atoms in total. The van der Waals surface area contributed by atoms with Crippen molar-refractivity contribution in [1.82, 2.24) is 9.97 Å². The summed E-state index contributed by atoms with van der Waals surface area (Å²) in [5.74, 6) is 2.12. The van der Waals surface area contributed by atoms with Gasteiger partial charge in [-0.25, -0.2) is 4.98 Å². The monoisotopic (exact) mass is 224 g/mol. The lowest BCUT2D eigenvalue weighted by Crippen LogP contribution is -2.38. The molecule has 1 aromatic rings. The summed E-state index contributed by atoms with van der Waals surface area (Å²) in [5.41, 5.74) is 6.56. The Hall–Kier alpha value is -0.810. The fourth-order valence-electron chi connectivity index (χ4n) is 1.78. The Morgan fingerprint density at radius 1 is 1.53 bits per heavy atom. The minimum absolute atomic E-state index is 0.460. The summed E-state index contributed by atoms with van der Waals surface area (Å²) in [6, 6.07) is 0. The largest absolute Gasteiger partial charge is 0.353 e. The summed E-state index contributed by atoms with van der Waals surface area (Å²) in [6.45, 7) is 4.79. The number of rotatable bonds is 2. The van der Waals surface area contributed by atoms with Crippen molar-refractivity contribution in [3.8, 4) is 0 Å². The Kier molecular flexibility index (Phi) is 3.43. The molecule has 5 heteroatoms. The van der Waals surface area contributed by atoms with Crippen LogP contribution in [0, 0.1) is 0 Å². The van der Waals surface area contributed by atoms with Crippen LogP contribution in [0.5, 0.6) is 0 Å².